The molecule has 0 aliphatic heterocycles. The van der Waals surface area contributed by atoms with Crippen LogP contribution in [0, 0.1) is 5.41 Å². The quantitative estimate of drug-likeness (QED) is 0.843. The van der Waals surface area contributed by atoms with Crippen molar-refractivity contribution in [3.8, 4) is 0 Å². The molecule has 0 aromatic carbocycles. The average Bonchev–Trinajstić information content (AvgIpc) is 2.33. The molecule has 0 spiro atoms. The molecule has 4 nitrogen and oxygen atoms in total. The summed E-state index contributed by atoms with van der Waals surface area (Å²) in [6.45, 7) is 5.06. The van der Waals surface area contributed by atoms with Gasteiger partial charge in [0.2, 0.25) is 5.95 Å². The van der Waals surface area contributed by atoms with Crippen LogP contribution in [0.25, 0.3) is 0 Å². The summed E-state index contributed by atoms with van der Waals surface area (Å²) in [5.74, 6) is 0.589. The molecule has 17 heavy (non-hydrogen) atoms. The largest absolute Gasteiger partial charge is 0.388 e. The molecule has 2 rings (SSSR count). The van der Waals surface area contributed by atoms with E-state index < -0.39 is 5.60 Å². The Kier molecular flexibility index (Phi) is 3.33. The van der Waals surface area contributed by atoms with Crippen molar-refractivity contribution in [2.45, 2.75) is 45.1 Å². The lowest BCUT2D eigenvalue weighted by Gasteiger charge is -2.40. The maximum atomic E-state index is 10.4. The van der Waals surface area contributed by atoms with Crippen LogP contribution in [0.1, 0.15) is 39.5 Å². The number of hydrogen-bond acceptors (Lipinski definition) is 4. The lowest BCUT2D eigenvalue weighted by Crippen LogP contribution is -2.42. The number of nitrogens with zero attached hydrogens (tertiary/aromatic N) is 2. The van der Waals surface area contributed by atoms with Gasteiger partial charge in [0.05, 0.1) is 5.60 Å². The maximum Gasteiger partial charge on any atom is 0.222 e. The van der Waals surface area contributed by atoms with Crippen molar-refractivity contribution in [1.29, 1.82) is 0 Å². The van der Waals surface area contributed by atoms with Gasteiger partial charge in [-0.15, -0.1) is 0 Å². The van der Waals surface area contributed by atoms with Crippen LogP contribution in [-0.2, 0) is 0 Å². The highest BCUT2D eigenvalue weighted by Gasteiger charge is 2.36. The van der Waals surface area contributed by atoms with Crippen molar-refractivity contribution >= 4 is 5.95 Å². The molecule has 1 aliphatic carbocycles. The second-order valence-corrected chi connectivity index (χ2v) is 5.81. The van der Waals surface area contributed by atoms with Crippen LogP contribution < -0.4 is 5.32 Å². The fourth-order valence-corrected chi connectivity index (χ4v) is 2.20. The number of aliphatic hydroxyl groups is 1. The fourth-order valence-electron chi connectivity index (χ4n) is 2.20. The third kappa shape index (κ3) is 3.40. The van der Waals surface area contributed by atoms with Crippen molar-refractivity contribution in [2.75, 3.05) is 11.9 Å². The van der Waals surface area contributed by atoms with Crippen LogP contribution >= 0.6 is 0 Å². The third-order valence-electron chi connectivity index (χ3n) is 3.68. The summed E-state index contributed by atoms with van der Waals surface area (Å²) >= 11 is 0. The summed E-state index contributed by atoms with van der Waals surface area (Å²) in [6.07, 6.45) is 7.23. The van der Waals surface area contributed by atoms with Crippen LogP contribution in [0.4, 0.5) is 5.95 Å². The predicted octanol–water partition coefficient (Wildman–Crippen LogP) is 2.22. The summed E-state index contributed by atoms with van der Waals surface area (Å²) in [7, 11) is 0. The standard InChI is InChI=1S/C13H21N3O/c1-12(2)4-6-13(17,7-5-12)10-16-11-14-8-3-9-15-11/h3,8-9,17H,4-7,10H2,1-2H3,(H,14,15,16). The van der Waals surface area contributed by atoms with E-state index in [0.717, 1.165) is 25.7 Å². The Morgan fingerprint density at radius 1 is 1.18 bits per heavy atom. The first-order chi connectivity index (χ1) is 7.99. The molecule has 4 heteroatoms. The SMILES string of the molecule is CC1(C)CCC(O)(CNc2ncccn2)CC1. The lowest BCUT2D eigenvalue weighted by molar-refractivity contribution is -0.0146. The number of hydrogen-bond donors (Lipinski definition) is 2. The molecule has 1 saturated carbocycles. The maximum absolute atomic E-state index is 10.4. The molecule has 0 saturated heterocycles. The van der Waals surface area contributed by atoms with E-state index >= 15 is 0 Å². The molecule has 0 unspecified atom stereocenters. The third-order valence-corrected chi connectivity index (χ3v) is 3.68. The fraction of sp³-hybridized carbons (Fsp3) is 0.692. The van der Waals surface area contributed by atoms with E-state index in [1.54, 1.807) is 18.5 Å². The first kappa shape index (κ1) is 12.3. The van der Waals surface area contributed by atoms with Crippen LogP contribution in [-0.4, -0.2) is 27.2 Å². The highest BCUT2D eigenvalue weighted by Crippen LogP contribution is 2.40. The van der Waals surface area contributed by atoms with Crippen molar-refractivity contribution < 1.29 is 5.11 Å². The molecule has 0 radical (unpaired) electrons. The van der Waals surface area contributed by atoms with Crippen molar-refractivity contribution in [2.24, 2.45) is 5.41 Å². The first-order valence-electron chi connectivity index (χ1n) is 6.23. The summed E-state index contributed by atoms with van der Waals surface area (Å²) in [5, 5.41) is 13.6. The van der Waals surface area contributed by atoms with Gasteiger partial charge >= 0.3 is 0 Å². The van der Waals surface area contributed by atoms with E-state index in [0.29, 0.717) is 17.9 Å². The van der Waals surface area contributed by atoms with Gasteiger partial charge < -0.3 is 10.4 Å². The molecule has 1 aromatic heterocycles. The van der Waals surface area contributed by atoms with Crippen LogP contribution in [0.5, 0.6) is 0 Å². The lowest BCUT2D eigenvalue weighted by atomic mass is 9.71. The normalized spacial score (nSPS) is 22.1. The minimum atomic E-state index is -0.602. The first-order valence-corrected chi connectivity index (χ1v) is 6.23. The highest BCUT2D eigenvalue weighted by atomic mass is 16.3. The van der Waals surface area contributed by atoms with Gasteiger partial charge in [-0.2, -0.15) is 0 Å². The smallest absolute Gasteiger partial charge is 0.222 e. The number of anilines is 1. The second-order valence-electron chi connectivity index (χ2n) is 5.81. The molecular weight excluding hydrogens is 214 g/mol. The molecule has 94 valence electrons. The highest BCUT2D eigenvalue weighted by molar-refractivity contribution is 5.23. The van der Waals surface area contributed by atoms with Crippen LogP contribution in [0.3, 0.4) is 0 Å². The molecule has 1 aliphatic rings. The minimum absolute atomic E-state index is 0.371. The monoisotopic (exact) mass is 235 g/mol. The van der Waals surface area contributed by atoms with Gasteiger partial charge in [0.1, 0.15) is 0 Å². The van der Waals surface area contributed by atoms with E-state index in [2.05, 4.69) is 29.1 Å². The zero-order valence-electron chi connectivity index (χ0n) is 10.6. The van der Waals surface area contributed by atoms with Gasteiger partial charge in [-0.3, -0.25) is 0 Å². The van der Waals surface area contributed by atoms with Gasteiger partial charge in [-0.1, -0.05) is 13.8 Å². The van der Waals surface area contributed by atoms with Crippen LogP contribution in [0.15, 0.2) is 18.5 Å². The van der Waals surface area contributed by atoms with E-state index in [1.807, 2.05) is 0 Å². The molecule has 1 fully saturated rings. The zero-order valence-corrected chi connectivity index (χ0v) is 10.6. The molecule has 0 amide bonds. The molecular formula is C13H21N3O. The molecule has 0 atom stereocenters. The molecule has 1 aromatic rings. The molecule has 1 heterocycles. The summed E-state index contributed by atoms with van der Waals surface area (Å²) in [6, 6.07) is 1.78. The van der Waals surface area contributed by atoms with Crippen LogP contribution in [0.2, 0.25) is 0 Å². The average molecular weight is 235 g/mol. The van der Waals surface area contributed by atoms with Gasteiger partial charge in [0.15, 0.2) is 0 Å². The minimum Gasteiger partial charge on any atom is -0.388 e. The van der Waals surface area contributed by atoms with E-state index in [9.17, 15) is 5.11 Å². The van der Waals surface area contributed by atoms with Gasteiger partial charge in [0.25, 0.3) is 0 Å². The predicted molar refractivity (Wildman–Crippen MR) is 67.7 cm³/mol. The summed E-state index contributed by atoms with van der Waals surface area (Å²) in [4.78, 5) is 8.18. The van der Waals surface area contributed by atoms with Crippen molar-refractivity contribution in [3.05, 3.63) is 18.5 Å². The molecule has 2 N–H and O–H groups in total. The Morgan fingerprint density at radius 2 is 1.76 bits per heavy atom. The van der Waals surface area contributed by atoms with Crippen molar-refractivity contribution in [1.82, 2.24) is 9.97 Å². The Balaban J connectivity index is 1.87. The second kappa shape index (κ2) is 4.61. The van der Waals surface area contributed by atoms with Crippen molar-refractivity contribution in [3.63, 3.8) is 0 Å². The Labute approximate surface area is 102 Å². The summed E-state index contributed by atoms with van der Waals surface area (Å²) < 4.78 is 0. The van der Waals surface area contributed by atoms with Gasteiger partial charge in [0, 0.05) is 18.9 Å². The summed E-state index contributed by atoms with van der Waals surface area (Å²) in [5.41, 5.74) is -0.232. The number of rotatable bonds is 3. The zero-order chi connectivity index (χ0) is 12.4. The number of nitrogens with one attached hydrogen (secondary N) is 1. The van der Waals surface area contributed by atoms with E-state index in [-0.39, 0.29) is 0 Å². The topological polar surface area (TPSA) is 58.0 Å². The number of aromatic nitrogens is 2. The van der Waals surface area contributed by atoms with Gasteiger partial charge in [-0.05, 0) is 37.2 Å². The Morgan fingerprint density at radius 3 is 2.35 bits per heavy atom. The molecule has 0 bridgehead atoms. The Hall–Kier alpha value is -1.16. The van der Waals surface area contributed by atoms with Gasteiger partial charge in [-0.25, -0.2) is 9.97 Å². The van der Waals surface area contributed by atoms with E-state index in [1.165, 1.54) is 0 Å². The van der Waals surface area contributed by atoms with E-state index in [4.69, 9.17) is 0 Å². The Bertz CT molecular complexity index is 354.